The fourth-order valence-electron chi connectivity index (χ4n) is 1.97. The average Bonchev–Trinajstić information content (AvgIpc) is 2.34. The smallest absolute Gasteiger partial charge is 0.305 e. The Morgan fingerprint density at radius 2 is 1.71 bits per heavy atom. The van der Waals surface area contributed by atoms with Gasteiger partial charge in [0.15, 0.2) is 0 Å². The lowest BCUT2D eigenvalue weighted by atomic mass is 10.0. The van der Waals surface area contributed by atoms with Crippen LogP contribution in [-0.2, 0) is 14.4 Å². The zero-order chi connectivity index (χ0) is 16.6. The molecular weight excluding hydrogens is 272 g/mol. The molecule has 0 bridgehead atoms. The van der Waals surface area contributed by atoms with Crippen LogP contribution >= 0.6 is 0 Å². The van der Waals surface area contributed by atoms with Gasteiger partial charge in [0.2, 0.25) is 11.8 Å². The molecule has 0 radical (unpaired) electrons. The molecule has 0 aromatic carbocycles. The van der Waals surface area contributed by atoms with E-state index in [0.29, 0.717) is 13.0 Å². The topological polar surface area (TPSA) is 86.7 Å². The van der Waals surface area contributed by atoms with Gasteiger partial charge in [0.1, 0.15) is 6.04 Å². The summed E-state index contributed by atoms with van der Waals surface area (Å²) in [5, 5.41) is 11.5. The van der Waals surface area contributed by atoms with E-state index >= 15 is 0 Å². The zero-order valence-corrected chi connectivity index (χ0v) is 13.7. The van der Waals surface area contributed by atoms with Crippen molar-refractivity contribution in [1.29, 1.82) is 0 Å². The van der Waals surface area contributed by atoms with E-state index in [1.165, 1.54) is 4.90 Å². The fraction of sp³-hybridized carbons (Fsp3) is 0.800. The Kier molecular flexibility index (Phi) is 8.66. The van der Waals surface area contributed by atoms with Gasteiger partial charge in [-0.1, -0.05) is 27.7 Å². The Morgan fingerprint density at radius 3 is 2.10 bits per heavy atom. The number of carbonyl (C=O) groups is 3. The molecule has 0 saturated carbocycles. The van der Waals surface area contributed by atoms with Crippen molar-refractivity contribution in [3.63, 3.8) is 0 Å². The van der Waals surface area contributed by atoms with Crippen molar-refractivity contribution in [2.24, 2.45) is 11.8 Å². The van der Waals surface area contributed by atoms with E-state index in [4.69, 9.17) is 5.11 Å². The van der Waals surface area contributed by atoms with Crippen molar-refractivity contribution in [2.75, 3.05) is 13.1 Å². The van der Waals surface area contributed by atoms with Crippen LogP contribution in [0.2, 0.25) is 0 Å². The Morgan fingerprint density at radius 1 is 1.14 bits per heavy atom. The molecule has 1 unspecified atom stereocenters. The van der Waals surface area contributed by atoms with Crippen molar-refractivity contribution in [2.45, 2.75) is 53.5 Å². The van der Waals surface area contributed by atoms with E-state index in [-0.39, 0.29) is 36.6 Å². The van der Waals surface area contributed by atoms with E-state index in [1.54, 1.807) is 6.92 Å². The highest BCUT2D eigenvalue weighted by atomic mass is 16.4. The molecule has 0 aromatic heterocycles. The number of carboxylic acids is 1. The zero-order valence-electron chi connectivity index (χ0n) is 13.7. The first-order chi connectivity index (χ1) is 9.68. The second-order valence-corrected chi connectivity index (χ2v) is 5.95. The SMILES string of the molecule is CCN(CCC(=O)O)C(=O)C(NC(=O)CC(C)C)C(C)C. The van der Waals surface area contributed by atoms with Crippen LogP contribution in [0.15, 0.2) is 0 Å². The van der Waals surface area contributed by atoms with Gasteiger partial charge in [-0.25, -0.2) is 0 Å². The minimum absolute atomic E-state index is 0.0486. The summed E-state index contributed by atoms with van der Waals surface area (Å²) in [6.45, 7) is 10.00. The third-order valence-corrected chi connectivity index (χ3v) is 3.13. The number of hydrogen-bond acceptors (Lipinski definition) is 3. The molecule has 0 spiro atoms. The number of hydrogen-bond donors (Lipinski definition) is 2. The standard InChI is InChI=1S/C15H28N2O4/c1-6-17(8-7-13(19)20)15(21)14(11(4)5)16-12(18)9-10(2)3/h10-11,14H,6-9H2,1-5H3,(H,16,18)(H,19,20). The molecule has 0 aliphatic rings. The van der Waals surface area contributed by atoms with Gasteiger partial charge in [0, 0.05) is 19.5 Å². The summed E-state index contributed by atoms with van der Waals surface area (Å²) in [5.74, 6) is -1.13. The molecule has 0 saturated heterocycles. The molecule has 6 heteroatoms. The molecule has 0 aliphatic heterocycles. The van der Waals surface area contributed by atoms with Gasteiger partial charge in [-0.15, -0.1) is 0 Å². The molecule has 0 aromatic rings. The molecule has 122 valence electrons. The number of aliphatic carboxylic acids is 1. The number of nitrogens with zero attached hydrogens (tertiary/aromatic N) is 1. The summed E-state index contributed by atoms with van der Waals surface area (Å²) >= 11 is 0. The lowest BCUT2D eigenvalue weighted by Crippen LogP contribution is -2.51. The van der Waals surface area contributed by atoms with Crippen molar-refractivity contribution in [3.05, 3.63) is 0 Å². The summed E-state index contributed by atoms with van der Waals surface area (Å²) in [4.78, 5) is 36.5. The minimum Gasteiger partial charge on any atom is -0.481 e. The number of likely N-dealkylation sites (N-methyl/N-ethyl adjacent to an activating group) is 1. The highest BCUT2D eigenvalue weighted by Crippen LogP contribution is 2.09. The summed E-state index contributed by atoms with van der Waals surface area (Å²) < 4.78 is 0. The van der Waals surface area contributed by atoms with Crippen molar-refractivity contribution in [1.82, 2.24) is 10.2 Å². The summed E-state index contributed by atoms with van der Waals surface area (Å²) in [6, 6.07) is -0.606. The van der Waals surface area contributed by atoms with Crippen LogP contribution in [0, 0.1) is 11.8 Å². The van der Waals surface area contributed by atoms with Crippen molar-refractivity contribution < 1.29 is 19.5 Å². The predicted octanol–water partition coefficient (Wildman–Crippen LogP) is 1.50. The highest BCUT2D eigenvalue weighted by Gasteiger charge is 2.28. The lowest BCUT2D eigenvalue weighted by molar-refractivity contribution is -0.140. The van der Waals surface area contributed by atoms with Gasteiger partial charge < -0.3 is 15.3 Å². The summed E-state index contributed by atoms with van der Waals surface area (Å²) in [6.07, 6.45) is 0.280. The molecule has 6 nitrogen and oxygen atoms in total. The van der Waals surface area contributed by atoms with Gasteiger partial charge >= 0.3 is 5.97 Å². The molecule has 1 atom stereocenters. The van der Waals surface area contributed by atoms with Crippen LogP contribution < -0.4 is 5.32 Å². The van der Waals surface area contributed by atoms with Crippen molar-refractivity contribution >= 4 is 17.8 Å². The summed E-state index contributed by atoms with van der Waals surface area (Å²) in [7, 11) is 0. The van der Waals surface area contributed by atoms with Crippen LogP contribution in [0.4, 0.5) is 0 Å². The second-order valence-electron chi connectivity index (χ2n) is 5.95. The van der Waals surface area contributed by atoms with E-state index in [9.17, 15) is 14.4 Å². The minimum atomic E-state index is -0.939. The van der Waals surface area contributed by atoms with E-state index in [2.05, 4.69) is 5.32 Å². The quantitative estimate of drug-likeness (QED) is 0.675. The largest absolute Gasteiger partial charge is 0.481 e. The first-order valence-corrected chi connectivity index (χ1v) is 7.48. The number of carboxylic acid groups (broad SMARTS) is 1. The first-order valence-electron chi connectivity index (χ1n) is 7.48. The van der Waals surface area contributed by atoms with Crippen LogP contribution in [0.3, 0.4) is 0 Å². The molecule has 0 heterocycles. The Balaban J connectivity index is 4.79. The average molecular weight is 300 g/mol. The molecule has 0 rings (SSSR count). The third kappa shape index (κ3) is 7.68. The maximum absolute atomic E-state index is 12.5. The van der Waals surface area contributed by atoms with E-state index in [1.807, 2.05) is 27.7 Å². The molecule has 2 amide bonds. The van der Waals surface area contributed by atoms with Crippen molar-refractivity contribution in [3.8, 4) is 0 Å². The fourth-order valence-corrected chi connectivity index (χ4v) is 1.97. The van der Waals surface area contributed by atoms with Gasteiger partial charge in [-0.05, 0) is 18.8 Å². The number of amides is 2. The molecular formula is C15H28N2O4. The second kappa shape index (κ2) is 9.37. The molecule has 0 fully saturated rings. The Hall–Kier alpha value is -1.59. The van der Waals surface area contributed by atoms with Gasteiger partial charge in [0.25, 0.3) is 0 Å². The molecule has 2 N–H and O–H groups in total. The van der Waals surface area contributed by atoms with Crippen LogP contribution in [0.1, 0.15) is 47.5 Å². The van der Waals surface area contributed by atoms with Gasteiger partial charge in [-0.2, -0.15) is 0 Å². The van der Waals surface area contributed by atoms with Gasteiger partial charge in [0.05, 0.1) is 6.42 Å². The highest BCUT2D eigenvalue weighted by molar-refractivity contribution is 5.88. The first kappa shape index (κ1) is 19.4. The maximum Gasteiger partial charge on any atom is 0.305 e. The van der Waals surface area contributed by atoms with Crippen LogP contribution in [-0.4, -0.2) is 46.9 Å². The summed E-state index contributed by atoms with van der Waals surface area (Å²) in [5.41, 5.74) is 0. The molecule has 0 aliphatic carbocycles. The lowest BCUT2D eigenvalue weighted by Gasteiger charge is -2.29. The van der Waals surface area contributed by atoms with Crippen LogP contribution in [0.25, 0.3) is 0 Å². The normalized spacial score (nSPS) is 12.3. The molecule has 21 heavy (non-hydrogen) atoms. The number of nitrogens with one attached hydrogen (secondary N) is 1. The number of carbonyl (C=O) groups excluding carboxylic acids is 2. The predicted molar refractivity (Wildman–Crippen MR) is 80.7 cm³/mol. The van der Waals surface area contributed by atoms with Gasteiger partial charge in [-0.3, -0.25) is 14.4 Å². The third-order valence-electron chi connectivity index (χ3n) is 3.13. The van der Waals surface area contributed by atoms with Crippen LogP contribution in [0.5, 0.6) is 0 Å². The monoisotopic (exact) mass is 300 g/mol. The maximum atomic E-state index is 12.5. The van der Waals surface area contributed by atoms with E-state index in [0.717, 1.165) is 0 Å². The Bertz CT molecular complexity index is 367. The Labute approximate surface area is 126 Å². The number of rotatable bonds is 9. The van der Waals surface area contributed by atoms with E-state index < -0.39 is 12.0 Å².